The Morgan fingerprint density at radius 1 is 0.500 bits per heavy atom. The van der Waals surface area contributed by atoms with Gasteiger partial charge in [-0.25, -0.2) is 0 Å². The summed E-state index contributed by atoms with van der Waals surface area (Å²) in [7, 11) is 0. The van der Waals surface area contributed by atoms with Crippen molar-refractivity contribution in [3.8, 4) is 0 Å². The van der Waals surface area contributed by atoms with Gasteiger partial charge in [-0.3, -0.25) is 0 Å². The van der Waals surface area contributed by atoms with E-state index in [1.165, 1.54) is 0 Å². The Labute approximate surface area is 165 Å². The van der Waals surface area contributed by atoms with Crippen molar-refractivity contribution >= 4 is 0 Å². The molecule has 1 aliphatic heterocycles. The monoisotopic (exact) mass is 520 g/mol. The predicted molar refractivity (Wildman–Crippen MR) is 65.9 cm³/mol. The average Bonchev–Trinajstić information content (AvgIpc) is 2.60. The Kier molecular flexibility index (Phi) is 7.10. The average molecular weight is 520 g/mol. The van der Waals surface area contributed by atoms with Crippen LogP contribution < -0.4 is 0 Å². The third-order valence-electron chi connectivity index (χ3n) is 4.16. The summed E-state index contributed by atoms with van der Waals surface area (Å²) in [5, 5.41) is 0. The van der Waals surface area contributed by atoms with Gasteiger partial charge in [0.05, 0.1) is 25.9 Å². The topological polar surface area (TPSA) is 18.5 Å². The van der Waals surface area contributed by atoms with Gasteiger partial charge in [0, 0.05) is 6.42 Å². The second-order valence-corrected chi connectivity index (χ2v) is 6.42. The van der Waals surface area contributed by atoms with Crippen molar-refractivity contribution in [3.63, 3.8) is 0 Å². The van der Waals surface area contributed by atoms with E-state index < -0.39 is 73.4 Å². The van der Waals surface area contributed by atoms with Crippen molar-refractivity contribution in [2.75, 3.05) is 19.8 Å². The highest BCUT2D eigenvalue weighted by atomic mass is 19.4. The molecule has 0 spiro atoms. The molecule has 32 heavy (non-hydrogen) atoms. The van der Waals surface area contributed by atoms with Gasteiger partial charge >= 0.3 is 47.6 Å². The highest BCUT2D eigenvalue weighted by Crippen LogP contribution is 2.64. The Hall–Kier alpha value is -1.27. The molecule has 19 heteroatoms. The van der Waals surface area contributed by atoms with E-state index in [0.717, 1.165) is 0 Å². The molecule has 1 saturated heterocycles. The Balaban J connectivity index is 3.47. The number of rotatable bonds is 8. The van der Waals surface area contributed by atoms with Crippen molar-refractivity contribution in [2.24, 2.45) is 0 Å². The maximum atomic E-state index is 13.7. The van der Waals surface area contributed by atoms with Crippen molar-refractivity contribution in [1.29, 1.82) is 0 Å². The van der Waals surface area contributed by atoms with Crippen molar-refractivity contribution in [3.05, 3.63) is 0 Å². The zero-order valence-electron chi connectivity index (χ0n) is 14.6. The lowest BCUT2D eigenvalue weighted by molar-refractivity contribution is -0.462. The normalized spacial score (nSPS) is 21.1. The van der Waals surface area contributed by atoms with Gasteiger partial charge in [-0.15, -0.1) is 0 Å². The van der Waals surface area contributed by atoms with Gasteiger partial charge in [-0.1, -0.05) is 0 Å². The molecule has 2 nitrogen and oxygen atoms in total. The Bertz CT molecular complexity index is 662. The molecule has 1 atom stereocenters. The summed E-state index contributed by atoms with van der Waals surface area (Å²) >= 11 is 0. The third-order valence-corrected chi connectivity index (χ3v) is 4.16. The lowest BCUT2D eigenvalue weighted by atomic mass is 9.87. The van der Waals surface area contributed by atoms with E-state index >= 15 is 0 Å². The highest BCUT2D eigenvalue weighted by Gasteiger charge is 2.95. The van der Waals surface area contributed by atoms with Gasteiger partial charge in [0.1, 0.15) is 0 Å². The van der Waals surface area contributed by atoms with Crippen LogP contribution >= 0.6 is 0 Å². The minimum absolute atomic E-state index is 0.318. The van der Waals surface area contributed by atoms with E-state index in [1.807, 2.05) is 0 Å². The maximum absolute atomic E-state index is 13.7. The van der Waals surface area contributed by atoms with Crippen molar-refractivity contribution in [2.45, 2.75) is 60.2 Å². The maximum Gasteiger partial charge on any atom is 0.460 e. The van der Waals surface area contributed by atoms with E-state index in [2.05, 4.69) is 9.47 Å². The zero-order valence-corrected chi connectivity index (χ0v) is 14.6. The first-order valence-corrected chi connectivity index (χ1v) is 7.73. The summed E-state index contributed by atoms with van der Waals surface area (Å²) in [5.41, 5.74) is 0. The molecule has 0 aromatic heterocycles. The number of hydrogen-bond donors (Lipinski definition) is 0. The molecular formula is C13H9F17O2. The Morgan fingerprint density at radius 2 is 0.875 bits per heavy atom. The lowest BCUT2D eigenvalue weighted by Crippen LogP contribution is -2.74. The minimum atomic E-state index is -8.62. The second kappa shape index (κ2) is 7.90. The molecule has 0 aliphatic carbocycles. The van der Waals surface area contributed by atoms with Gasteiger partial charge in [0.25, 0.3) is 0 Å². The van der Waals surface area contributed by atoms with Crippen LogP contribution in [0.4, 0.5) is 74.6 Å². The molecule has 0 radical (unpaired) electrons. The SMILES string of the molecule is FC(F)(F)C(F)(F)C(F)(F)C(F)(F)C(F)(F)C(F)(F)C(F)(F)C(F)(F)CC1COCCO1. The van der Waals surface area contributed by atoms with Crippen molar-refractivity contribution < 1.29 is 84.1 Å². The molecule has 1 rings (SSSR count). The summed E-state index contributed by atoms with van der Waals surface area (Å²) in [4.78, 5) is 0. The summed E-state index contributed by atoms with van der Waals surface area (Å²) < 4.78 is 231. The van der Waals surface area contributed by atoms with Crippen LogP contribution in [-0.4, -0.2) is 73.6 Å². The van der Waals surface area contributed by atoms with Gasteiger partial charge in [0.15, 0.2) is 0 Å². The summed E-state index contributed by atoms with van der Waals surface area (Å²) in [6.45, 7) is -1.93. The fourth-order valence-corrected chi connectivity index (χ4v) is 2.26. The first-order valence-electron chi connectivity index (χ1n) is 7.73. The Morgan fingerprint density at radius 3 is 1.22 bits per heavy atom. The molecule has 0 saturated carbocycles. The molecular weight excluding hydrogens is 511 g/mol. The van der Waals surface area contributed by atoms with Crippen LogP contribution in [0.2, 0.25) is 0 Å². The minimum Gasteiger partial charge on any atom is -0.376 e. The standard InChI is InChI=1S/C13H9F17O2/c14-6(15,3-5-4-31-1-2-32-5)7(16,17)8(18,19)9(20,21)10(22,23)11(24,25)12(26,27)13(28,29)30/h5H,1-4H2. The summed E-state index contributed by atoms with van der Waals surface area (Å²) in [6, 6.07) is 0. The van der Waals surface area contributed by atoms with Crippen LogP contribution in [0, 0.1) is 0 Å². The molecule has 192 valence electrons. The van der Waals surface area contributed by atoms with Gasteiger partial charge in [-0.2, -0.15) is 74.6 Å². The zero-order chi connectivity index (χ0) is 25.8. The molecule has 0 bridgehead atoms. The highest BCUT2D eigenvalue weighted by molar-refractivity contribution is 5.15. The van der Waals surface area contributed by atoms with E-state index in [-0.39, 0.29) is 6.61 Å². The number of halogens is 17. The second-order valence-electron chi connectivity index (χ2n) is 6.42. The van der Waals surface area contributed by atoms with Crippen LogP contribution in [0.1, 0.15) is 6.42 Å². The van der Waals surface area contributed by atoms with Crippen LogP contribution in [0.25, 0.3) is 0 Å². The first kappa shape index (κ1) is 28.8. The quantitative estimate of drug-likeness (QED) is 0.377. The number of alkyl halides is 17. The predicted octanol–water partition coefficient (Wildman–Crippen LogP) is 5.80. The molecule has 0 N–H and O–H groups in total. The molecule has 0 aromatic rings. The van der Waals surface area contributed by atoms with Gasteiger partial charge in [0.2, 0.25) is 0 Å². The molecule has 1 fully saturated rings. The number of hydrogen-bond acceptors (Lipinski definition) is 2. The molecule has 0 aromatic carbocycles. The third kappa shape index (κ3) is 3.96. The van der Waals surface area contributed by atoms with Crippen LogP contribution in [0.3, 0.4) is 0 Å². The first-order chi connectivity index (χ1) is 13.8. The fourth-order valence-electron chi connectivity index (χ4n) is 2.26. The smallest absolute Gasteiger partial charge is 0.376 e. The largest absolute Gasteiger partial charge is 0.460 e. The molecule has 1 heterocycles. The fraction of sp³-hybridized carbons (Fsp3) is 1.00. The lowest BCUT2D eigenvalue weighted by Gasteiger charge is -2.43. The van der Waals surface area contributed by atoms with E-state index in [4.69, 9.17) is 0 Å². The number of ether oxygens (including phenoxy) is 2. The summed E-state index contributed by atoms with van der Waals surface area (Å²) in [5.74, 6) is -56.3. The van der Waals surface area contributed by atoms with Gasteiger partial charge in [-0.05, 0) is 0 Å². The van der Waals surface area contributed by atoms with Crippen LogP contribution in [-0.2, 0) is 9.47 Å². The van der Waals surface area contributed by atoms with E-state index in [9.17, 15) is 74.6 Å². The molecule has 1 aliphatic rings. The molecule has 0 amide bonds. The summed E-state index contributed by atoms with van der Waals surface area (Å²) in [6.07, 6.45) is -12.6. The van der Waals surface area contributed by atoms with Crippen LogP contribution in [0.15, 0.2) is 0 Å². The van der Waals surface area contributed by atoms with E-state index in [1.54, 1.807) is 0 Å². The van der Waals surface area contributed by atoms with Crippen LogP contribution in [0.5, 0.6) is 0 Å². The van der Waals surface area contributed by atoms with Crippen molar-refractivity contribution in [1.82, 2.24) is 0 Å². The molecule has 1 unspecified atom stereocenters. The van der Waals surface area contributed by atoms with E-state index in [0.29, 0.717) is 0 Å². The van der Waals surface area contributed by atoms with Gasteiger partial charge < -0.3 is 9.47 Å².